The Morgan fingerprint density at radius 1 is 1.46 bits per heavy atom. The second-order valence-corrected chi connectivity index (χ2v) is 2.15. The van der Waals surface area contributed by atoms with Gasteiger partial charge in [0, 0.05) is 0 Å². The highest BCUT2D eigenvalue weighted by molar-refractivity contribution is 5.22. The maximum absolute atomic E-state index is 5.20. The summed E-state index contributed by atoms with van der Waals surface area (Å²) in [6, 6.07) is 0.234. The summed E-state index contributed by atoms with van der Waals surface area (Å²) < 4.78 is 9.36. The van der Waals surface area contributed by atoms with Gasteiger partial charge < -0.3 is 20.0 Å². The molecular formula is C5H6N6O2. The summed E-state index contributed by atoms with van der Waals surface area (Å²) in [7, 11) is 0. The van der Waals surface area contributed by atoms with Crippen molar-refractivity contribution in [3.05, 3.63) is 12.2 Å². The van der Waals surface area contributed by atoms with E-state index in [9.17, 15) is 0 Å². The third kappa shape index (κ3) is 1.72. The first-order valence-corrected chi connectivity index (χ1v) is 3.42. The zero-order valence-electron chi connectivity index (χ0n) is 6.47. The number of aromatic nitrogens is 4. The van der Waals surface area contributed by atoms with E-state index in [2.05, 4.69) is 30.2 Å². The number of nitrogens with zero attached hydrogens (tertiary/aromatic N) is 4. The molecule has 8 heteroatoms. The Labute approximate surface area is 72.1 Å². The molecule has 0 aliphatic carbocycles. The molecule has 0 saturated carbocycles. The van der Waals surface area contributed by atoms with Crippen LogP contribution in [0.1, 0.15) is 5.82 Å². The Morgan fingerprint density at radius 3 is 3.00 bits per heavy atom. The first-order valence-electron chi connectivity index (χ1n) is 3.42. The van der Waals surface area contributed by atoms with Gasteiger partial charge in [-0.25, -0.2) is 0 Å². The first kappa shape index (κ1) is 7.53. The van der Waals surface area contributed by atoms with Crippen LogP contribution in [0.2, 0.25) is 0 Å². The van der Waals surface area contributed by atoms with Crippen LogP contribution in [0.25, 0.3) is 0 Å². The molecule has 2 aromatic heterocycles. The minimum atomic E-state index is 0.00983. The lowest BCUT2D eigenvalue weighted by Gasteiger charge is -1.93. The predicted molar refractivity (Wildman–Crippen MR) is 40.3 cm³/mol. The van der Waals surface area contributed by atoms with Gasteiger partial charge in [-0.2, -0.15) is 4.98 Å². The number of nitrogen functional groups attached to an aromatic ring is 1. The van der Waals surface area contributed by atoms with Crippen LogP contribution in [-0.4, -0.2) is 20.3 Å². The Hall–Kier alpha value is -2.12. The van der Waals surface area contributed by atoms with Crippen molar-refractivity contribution in [1.82, 2.24) is 20.3 Å². The van der Waals surface area contributed by atoms with Crippen molar-refractivity contribution >= 4 is 12.0 Å². The van der Waals surface area contributed by atoms with Crippen molar-refractivity contribution in [2.24, 2.45) is 0 Å². The highest BCUT2D eigenvalue weighted by atomic mass is 16.5. The van der Waals surface area contributed by atoms with Crippen molar-refractivity contribution in [2.45, 2.75) is 6.54 Å². The molecule has 3 N–H and O–H groups in total. The van der Waals surface area contributed by atoms with Gasteiger partial charge in [0.2, 0.25) is 6.39 Å². The second-order valence-electron chi connectivity index (χ2n) is 2.15. The zero-order valence-corrected chi connectivity index (χ0v) is 6.47. The Kier molecular flexibility index (Phi) is 1.79. The van der Waals surface area contributed by atoms with Gasteiger partial charge in [0.25, 0.3) is 0 Å². The van der Waals surface area contributed by atoms with Crippen LogP contribution in [0, 0.1) is 0 Å². The predicted octanol–water partition coefficient (Wildman–Crippen LogP) is -0.353. The summed E-state index contributed by atoms with van der Waals surface area (Å²) in [4.78, 5) is 3.78. The summed E-state index contributed by atoms with van der Waals surface area (Å²) >= 11 is 0. The maximum atomic E-state index is 5.20. The standard InChI is InChI=1S/C5H6N6O2/c6-4-9-10-5(13-4)7-1-3-8-2-12-11-3/h2H,1H2,(H2,6,9)(H,7,10). The topological polar surface area (TPSA) is 116 Å². The zero-order chi connectivity index (χ0) is 9.10. The van der Waals surface area contributed by atoms with E-state index in [0.29, 0.717) is 12.4 Å². The van der Waals surface area contributed by atoms with Gasteiger partial charge in [-0.15, -0.1) is 0 Å². The number of rotatable bonds is 3. The molecule has 0 unspecified atom stereocenters. The van der Waals surface area contributed by atoms with Gasteiger partial charge in [0.05, 0.1) is 6.54 Å². The van der Waals surface area contributed by atoms with Crippen LogP contribution in [0.15, 0.2) is 15.3 Å². The quantitative estimate of drug-likeness (QED) is 0.661. The van der Waals surface area contributed by atoms with Crippen LogP contribution in [0.4, 0.5) is 12.0 Å². The molecule has 0 amide bonds. The van der Waals surface area contributed by atoms with Crippen molar-refractivity contribution in [1.29, 1.82) is 0 Å². The fourth-order valence-electron chi connectivity index (χ4n) is 0.731. The van der Waals surface area contributed by atoms with Crippen molar-refractivity contribution < 1.29 is 8.94 Å². The molecular weight excluding hydrogens is 176 g/mol. The molecule has 0 bridgehead atoms. The molecule has 0 radical (unpaired) electrons. The molecule has 0 spiro atoms. The Balaban J connectivity index is 1.93. The van der Waals surface area contributed by atoms with Gasteiger partial charge in [-0.1, -0.05) is 15.4 Å². The molecule has 0 aromatic carbocycles. The third-order valence-electron chi connectivity index (χ3n) is 1.25. The average Bonchev–Trinajstić information content (AvgIpc) is 2.71. The van der Waals surface area contributed by atoms with E-state index in [1.807, 2.05) is 0 Å². The number of nitrogens with two attached hydrogens (primary N) is 1. The lowest BCUT2D eigenvalue weighted by molar-refractivity contribution is 0.410. The third-order valence-corrected chi connectivity index (χ3v) is 1.25. The summed E-state index contributed by atoms with van der Waals surface area (Å²) in [6.07, 6.45) is 1.24. The lowest BCUT2D eigenvalue weighted by Crippen LogP contribution is -2.01. The minimum Gasteiger partial charge on any atom is -0.390 e. The van der Waals surface area contributed by atoms with Crippen LogP contribution in [0.5, 0.6) is 0 Å². The molecule has 0 saturated heterocycles. The number of hydrogen-bond donors (Lipinski definition) is 2. The molecule has 0 aliphatic heterocycles. The Bertz CT molecular complexity index is 368. The van der Waals surface area contributed by atoms with Crippen LogP contribution in [-0.2, 0) is 6.54 Å². The van der Waals surface area contributed by atoms with E-state index in [-0.39, 0.29) is 12.0 Å². The maximum Gasteiger partial charge on any atom is 0.317 e. The molecule has 13 heavy (non-hydrogen) atoms. The highest BCUT2D eigenvalue weighted by Gasteiger charge is 2.03. The number of hydrogen-bond acceptors (Lipinski definition) is 8. The number of nitrogens with one attached hydrogen (secondary N) is 1. The molecule has 2 aromatic rings. The normalized spacial score (nSPS) is 10.2. The van der Waals surface area contributed by atoms with E-state index in [1.54, 1.807) is 0 Å². The van der Waals surface area contributed by atoms with Gasteiger partial charge >= 0.3 is 12.0 Å². The fourth-order valence-corrected chi connectivity index (χ4v) is 0.731. The fraction of sp³-hybridized carbons (Fsp3) is 0.200. The summed E-state index contributed by atoms with van der Waals surface area (Å²) in [6.45, 7) is 0.345. The van der Waals surface area contributed by atoms with Gasteiger partial charge in [-0.3, -0.25) is 0 Å². The molecule has 8 nitrogen and oxygen atoms in total. The van der Waals surface area contributed by atoms with Crippen LogP contribution < -0.4 is 11.1 Å². The summed E-state index contributed by atoms with van der Waals surface area (Å²) in [5.74, 6) is 0.497. The molecule has 68 valence electrons. The average molecular weight is 182 g/mol. The van der Waals surface area contributed by atoms with E-state index in [4.69, 9.17) is 10.2 Å². The molecule has 0 fully saturated rings. The summed E-state index contributed by atoms with van der Waals surface area (Å²) in [5.41, 5.74) is 5.20. The largest absolute Gasteiger partial charge is 0.390 e. The van der Waals surface area contributed by atoms with Crippen LogP contribution in [0.3, 0.4) is 0 Å². The molecule has 0 aliphatic rings. The van der Waals surface area contributed by atoms with Crippen molar-refractivity contribution in [3.63, 3.8) is 0 Å². The van der Waals surface area contributed by atoms with E-state index >= 15 is 0 Å². The van der Waals surface area contributed by atoms with E-state index in [1.165, 1.54) is 6.39 Å². The van der Waals surface area contributed by atoms with Gasteiger partial charge in [0.1, 0.15) is 0 Å². The van der Waals surface area contributed by atoms with Crippen molar-refractivity contribution in [3.8, 4) is 0 Å². The Morgan fingerprint density at radius 2 is 2.38 bits per heavy atom. The first-order chi connectivity index (χ1) is 6.34. The number of anilines is 2. The van der Waals surface area contributed by atoms with Gasteiger partial charge in [-0.05, 0) is 0 Å². The van der Waals surface area contributed by atoms with Gasteiger partial charge in [0.15, 0.2) is 5.82 Å². The van der Waals surface area contributed by atoms with Crippen molar-refractivity contribution in [2.75, 3.05) is 11.1 Å². The van der Waals surface area contributed by atoms with E-state index in [0.717, 1.165) is 0 Å². The van der Waals surface area contributed by atoms with Crippen LogP contribution >= 0.6 is 0 Å². The second kappa shape index (κ2) is 3.09. The summed E-state index contributed by atoms with van der Waals surface area (Å²) in [5, 5.41) is 13.4. The molecule has 2 rings (SSSR count). The SMILES string of the molecule is Nc1nnc(NCc2ncon2)o1. The molecule has 0 atom stereocenters. The minimum absolute atomic E-state index is 0.00983. The monoisotopic (exact) mass is 182 g/mol. The van der Waals surface area contributed by atoms with E-state index < -0.39 is 0 Å². The molecule has 2 heterocycles. The highest BCUT2D eigenvalue weighted by Crippen LogP contribution is 2.06. The lowest BCUT2D eigenvalue weighted by atomic mass is 10.6. The smallest absolute Gasteiger partial charge is 0.317 e.